The van der Waals surface area contributed by atoms with Crippen molar-refractivity contribution in [3.8, 4) is 0 Å². The third kappa shape index (κ3) is 0.762. The molecule has 0 aromatic carbocycles. The number of rotatable bonds is 0. The molecule has 3 heteroatoms. The highest BCUT2D eigenvalue weighted by Gasteiger charge is 2.23. The molecule has 2 nitrogen and oxygen atoms in total. The van der Waals surface area contributed by atoms with Gasteiger partial charge in [0, 0.05) is 0 Å². The van der Waals surface area contributed by atoms with E-state index >= 15 is 0 Å². The van der Waals surface area contributed by atoms with E-state index in [-0.39, 0.29) is 6.04 Å². The summed E-state index contributed by atoms with van der Waals surface area (Å²) in [4.78, 5) is 0. The van der Waals surface area contributed by atoms with Crippen LogP contribution in [0.25, 0.3) is 0 Å². The lowest BCUT2D eigenvalue weighted by Crippen LogP contribution is -2.03. The van der Waals surface area contributed by atoms with Crippen LogP contribution < -0.4 is 5.73 Å². The SMILES string of the molecule is NC1CCc2cc(Cl)oc21. The minimum absolute atomic E-state index is 0.0718. The van der Waals surface area contributed by atoms with Crippen LogP contribution in [0.2, 0.25) is 5.22 Å². The molecule has 54 valence electrons. The lowest BCUT2D eigenvalue weighted by atomic mass is 10.3. The van der Waals surface area contributed by atoms with Crippen LogP contribution in [-0.4, -0.2) is 0 Å². The fraction of sp³-hybridized carbons (Fsp3) is 0.429. The Hall–Kier alpha value is -0.470. The molecule has 1 aromatic rings. The van der Waals surface area contributed by atoms with Gasteiger partial charge in [0.05, 0.1) is 6.04 Å². The molecule has 1 heterocycles. The van der Waals surface area contributed by atoms with Crippen LogP contribution in [0.5, 0.6) is 0 Å². The quantitative estimate of drug-likeness (QED) is 0.625. The number of hydrogen-bond acceptors (Lipinski definition) is 2. The van der Waals surface area contributed by atoms with Gasteiger partial charge in [-0.15, -0.1) is 0 Å². The molecule has 1 aromatic heterocycles. The Labute approximate surface area is 64.0 Å². The number of hydrogen-bond donors (Lipinski definition) is 1. The first-order valence-electron chi connectivity index (χ1n) is 3.31. The Morgan fingerprint density at radius 3 is 3.20 bits per heavy atom. The van der Waals surface area contributed by atoms with Gasteiger partial charge in [-0.1, -0.05) is 0 Å². The molecule has 1 aliphatic rings. The second-order valence-corrected chi connectivity index (χ2v) is 2.96. The minimum atomic E-state index is 0.0718. The molecule has 10 heavy (non-hydrogen) atoms. The monoisotopic (exact) mass is 157 g/mol. The largest absolute Gasteiger partial charge is 0.448 e. The van der Waals surface area contributed by atoms with Gasteiger partial charge in [-0.25, -0.2) is 0 Å². The molecule has 0 aliphatic heterocycles. The van der Waals surface area contributed by atoms with Gasteiger partial charge in [0.2, 0.25) is 0 Å². The molecular weight excluding hydrogens is 150 g/mol. The summed E-state index contributed by atoms with van der Waals surface area (Å²) >= 11 is 5.62. The first-order chi connectivity index (χ1) is 4.77. The van der Waals surface area contributed by atoms with Gasteiger partial charge in [-0.05, 0) is 36.1 Å². The summed E-state index contributed by atoms with van der Waals surface area (Å²) in [5, 5.41) is 0.458. The number of halogens is 1. The van der Waals surface area contributed by atoms with E-state index in [1.54, 1.807) is 0 Å². The van der Waals surface area contributed by atoms with Crippen molar-refractivity contribution in [1.82, 2.24) is 0 Å². The fourth-order valence-electron chi connectivity index (χ4n) is 1.36. The lowest BCUT2D eigenvalue weighted by molar-refractivity contribution is 0.475. The van der Waals surface area contributed by atoms with Crippen LogP contribution in [0.1, 0.15) is 23.8 Å². The molecule has 0 spiro atoms. The van der Waals surface area contributed by atoms with Crippen molar-refractivity contribution < 1.29 is 4.42 Å². The van der Waals surface area contributed by atoms with E-state index in [9.17, 15) is 0 Å². The first-order valence-corrected chi connectivity index (χ1v) is 3.69. The van der Waals surface area contributed by atoms with E-state index in [0.29, 0.717) is 5.22 Å². The van der Waals surface area contributed by atoms with E-state index in [0.717, 1.165) is 18.6 Å². The number of furan rings is 1. The van der Waals surface area contributed by atoms with Crippen LogP contribution in [-0.2, 0) is 6.42 Å². The maximum absolute atomic E-state index is 5.71. The van der Waals surface area contributed by atoms with Crippen molar-refractivity contribution >= 4 is 11.6 Å². The van der Waals surface area contributed by atoms with Gasteiger partial charge in [-0.3, -0.25) is 0 Å². The predicted octanol–water partition coefficient (Wildman–Crippen LogP) is 1.88. The second-order valence-electron chi connectivity index (χ2n) is 2.59. The molecule has 0 saturated heterocycles. The van der Waals surface area contributed by atoms with Gasteiger partial charge in [-0.2, -0.15) is 0 Å². The van der Waals surface area contributed by atoms with Crippen molar-refractivity contribution in [1.29, 1.82) is 0 Å². The zero-order valence-corrected chi connectivity index (χ0v) is 6.19. The average Bonchev–Trinajstić information content (AvgIpc) is 2.35. The maximum atomic E-state index is 5.71. The summed E-state index contributed by atoms with van der Waals surface area (Å²) in [6.07, 6.45) is 2.00. The predicted molar refractivity (Wildman–Crippen MR) is 39.0 cm³/mol. The molecule has 2 rings (SSSR count). The number of nitrogens with two attached hydrogens (primary N) is 1. The minimum Gasteiger partial charge on any atom is -0.448 e. The van der Waals surface area contributed by atoms with Crippen molar-refractivity contribution in [2.75, 3.05) is 0 Å². The summed E-state index contributed by atoms with van der Waals surface area (Å²) < 4.78 is 5.18. The maximum Gasteiger partial charge on any atom is 0.193 e. The molecule has 0 amide bonds. The molecule has 1 unspecified atom stereocenters. The van der Waals surface area contributed by atoms with Crippen LogP contribution in [0, 0.1) is 0 Å². The second kappa shape index (κ2) is 2.01. The summed E-state index contributed by atoms with van der Waals surface area (Å²) in [7, 11) is 0. The third-order valence-electron chi connectivity index (χ3n) is 1.87. The summed E-state index contributed by atoms with van der Waals surface area (Å²) in [5.41, 5.74) is 6.89. The first kappa shape index (κ1) is 6.25. The van der Waals surface area contributed by atoms with Crippen molar-refractivity contribution in [3.63, 3.8) is 0 Å². The smallest absolute Gasteiger partial charge is 0.193 e. The molecule has 1 aliphatic carbocycles. The van der Waals surface area contributed by atoms with Crippen LogP contribution in [0.4, 0.5) is 0 Å². The van der Waals surface area contributed by atoms with Gasteiger partial charge in [0.15, 0.2) is 5.22 Å². The standard InChI is InChI=1S/C7H8ClNO/c8-6-3-4-1-2-5(9)7(4)10-6/h3,5H,1-2,9H2. The Bertz CT molecular complexity index is 256. The number of fused-ring (bicyclic) bond motifs is 1. The van der Waals surface area contributed by atoms with Gasteiger partial charge in [0.1, 0.15) is 5.76 Å². The van der Waals surface area contributed by atoms with Crippen LogP contribution in [0.15, 0.2) is 10.5 Å². The topological polar surface area (TPSA) is 39.2 Å². The molecule has 0 bridgehead atoms. The third-order valence-corrected chi connectivity index (χ3v) is 2.06. The zero-order valence-electron chi connectivity index (χ0n) is 5.43. The van der Waals surface area contributed by atoms with Crippen LogP contribution in [0.3, 0.4) is 0 Å². The highest BCUT2D eigenvalue weighted by atomic mass is 35.5. The molecule has 2 N–H and O–H groups in total. The Balaban J connectivity index is 2.49. The van der Waals surface area contributed by atoms with Gasteiger partial charge < -0.3 is 10.2 Å². The van der Waals surface area contributed by atoms with Crippen molar-refractivity contribution in [3.05, 3.63) is 22.6 Å². The van der Waals surface area contributed by atoms with E-state index in [4.69, 9.17) is 21.8 Å². The lowest BCUT2D eigenvalue weighted by Gasteiger charge is -1.96. The van der Waals surface area contributed by atoms with Crippen molar-refractivity contribution in [2.45, 2.75) is 18.9 Å². The molecule has 0 fully saturated rings. The van der Waals surface area contributed by atoms with Crippen LogP contribution >= 0.6 is 11.6 Å². The van der Waals surface area contributed by atoms with Crippen molar-refractivity contribution in [2.24, 2.45) is 5.73 Å². The molecule has 0 saturated carbocycles. The van der Waals surface area contributed by atoms with E-state index < -0.39 is 0 Å². The van der Waals surface area contributed by atoms with E-state index in [1.165, 1.54) is 5.56 Å². The van der Waals surface area contributed by atoms with Gasteiger partial charge in [0.25, 0.3) is 0 Å². The average molecular weight is 158 g/mol. The summed E-state index contributed by atoms with van der Waals surface area (Å²) in [6.45, 7) is 0. The van der Waals surface area contributed by atoms with Gasteiger partial charge >= 0.3 is 0 Å². The normalized spacial score (nSPS) is 23.2. The number of aryl methyl sites for hydroxylation is 1. The Morgan fingerprint density at radius 2 is 2.50 bits per heavy atom. The molecule has 1 atom stereocenters. The van der Waals surface area contributed by atoms with E-state index in [1.807, 2.05) is 6.07 Å². The highest BCUT2D eigenvalue weighted by Crippen LogP contribution is 2.33. The summed E-state index contributed by atoms with van der Waals surface area (Å²) in [5.74, 6) is 0.880. The fourth-order valence-corrected chi connectivity index (χ4v) is 1.57. The summed E-state index contributed by atoms with van der Waals surface area (Å²) in [6, 6.07) is 1.92. The highest BCUT2D eigenvalue weighted by molar-refractivity contribution is 6.28. The Kier molecular flexibility index (Phi) is 1.25. The zero-order chi connectivity index (χ0) is 7.14. The Morgan fingerprint density at radius 1 is 1.70 bits per heavy atom. The molecular formula is C7H8ClNO. The van der Waals surface area contributed by atoms with E-state index in [2.05, 4.69) is 0 Å². The molecule has 0 radical (unpaired) electrons.